The molecule has 0 radical (unpaired) electrons. The average Bonchev–Trinajstić information content (AvgIpc) is 3.41. The van der Waals surface area contributed by atoms with Crippen molar-refractivity contribution in [2.75, 3.05) is 9.80 Å². The summed E-state index contributed by atoms with van der Waals surface area (Å²) in [5.74, 6) is -3.39. The molecule has 2 heterocycles. The summed E-state index contributed by atoms with van der Waals surface area (Å²) in [6.45, 7) is 0. The molecule has 2 aliphatic heterocycles. The van der Waals surface area contributed by atoms with Crippen LogP contribution in [0.4, 0.5) is 11.4 Å². The van der Waals surface area contributed by atoms with Crippen molar-refractivity contribution in [1.29, 1.82) is 0 Å². The van der Waals surface area contributed by atoms with Gasteiger partial charge in [0, 0.05) is 0 Å². The maximum absolute atomic E-state index is 12.5. The molecule has 0 aliphatic carbocycles. The molecule has 224 valence electrons. The van der Waals surface area contributed by atoms with Gasteiger partial charge in [0.05, 0.1) is 73.8 Å². The highest BCUT2D eigenvalue weighted by atomic mass is 35.5. The number of amides is 4. The SMILES string of the molecule is O=C1c2c(Cl)c(Cl)c(Cl)c(Cl)c2C(=O)N1c1ccccc1O.O=C1c2c(Cl)c(Cl)c(Cl)c(Cl)c2C(=O)N1c1ccccc1O. The predicted octanol–water partition coefficient (Wildman–Crippen LogP) is 9.61. The normalized spacial score (nSPS) is 13.7. The Kier molecular flexibility index (Phi) is 8.94. The third-order valence-corrected chi connectivity index (χ3v) is 10.1. The number of para-hydroxylation sites is 4. The first kappa shape index (κ1) is 32.5. The van der Waals surface area contributed by atoms with Crippen LogP contribution in [0, 0.1) is 0 Å². The summed E-state index contributed by atoms with van der Waals surface area (Å²) in [5, 5.41) is 18.7. The first-order valence-electron chi connectivity index (χ1n) is 11.8. The van der Waals surface area contributed by atoms with E-state index in [1.807, 2.05) is 0 Å². The summed E-state index contributed by atoms with van der Waals surface area (Å²) in [6, 6.07) is 11.8. The number of hydrogen-bond donors (Lipinski definition) is 2. The number of nitrogens with zero attached hydrogens (tertiary/aromatic N) is 2. The Labute approximate surface area is 287 Å². The van der Waals surface area contributed by atoms with Crippen LogP contribution in [0.3, 0.4) is 0 Å². The second-order valence-corrected chi connectivity index (χ2v) is 11.9. The van der Waals surface area contributed by atoms with E-state index in [0.717, 1.165) is 9.80 Å². The van der Waals surface area contributed by atoms with Gasteiger partial charge in [-0.2, -0.15) is 0 Å². The van der Waals surface area contributed by atoms with E-state index in [0.29, 0.717) is 0 Å². The van der Waals surface area contributed by atoms with E-state index in [9.17, 15) is 29.4 Å². The van der Waals surface area contributed by atoms with Crippen LogP contribution in [0.2, 0.25) is 40.2 Å². The van der Waals surface area contributed by atoms with Gasteiger partial charge in [-0.3, -0.25) is 19.2 Å². The van der Waals surface area contributed by atoms with Crippen molar-refractivity contribution < 1.29 is 29.4 Å². The summed E-state index contributed by atoms with van der Waals surface area (Å²) in [5.41, 5.74) is -0.478. The number of carbonyl (C=O) groups excluding carboxylic acids is 4. The fraction of sp³-hybridized carbons (Fsp3) is 0. The lowest BCUT2D eigenvalue weighted by atomic mass is 10.1. The molecule has 4 aromatic rings. The van der Waals surface area contributed by atoms with E-state index in [1.54, 1.807) is 24.3 Å². The summed E-state index contributed by atoms with van der Waals surface area (Å²) >= 11 is 47.8. The molecule has 0 aromatic heterocycles. The molecule has 8 nitrogen and oxygen atoms in total. The Morgan fingerprint density at radius 3 is 0.841 bits per heavy atom. The average molecular weight is 754 g/mol. The molecule has 4 amide bonds. The number of imide groups is 2. The molecular formula is C28H10Cl8N2O6. The Balaban J connectivity index is 0.000000175. The van der Waals surface area contributed by atoms with Gasteiger partial charge >= 0.3 is 0 Å². The number of rotatable bonds is 2. The lowest BCUT2D eigenvalue weighted by Crippen LogP contribution is -2.29. The molecular weight excluding hydrogens is 744 g/mol. The van der Waals surface area contributed by atoms with Gasteiger partial charge in [0.15, 0.2) is 0 Å². The van der Waals surface area contributed by atoms with Crippen LogP contribution in [0.5, 0.6) is 11.5 Å². The minimum Gasteiger partial charge on any atom is -0.506 e. The lowest BCUT2D eigenvalue weighted by molar-refractivity contribution is 0.0909. The van der Waals surface area contributed by atoms with Gasteiger partial charge in [0.1, 0.15) is 11.5 Å². The smallest absolute Gasteiger partial charge is 0.267 e. The van der Waals surface area contributed by atoms with Crippen LogP contribution in [0.25, 0.3) is 0 Å². The van der Waals surface area contributed by atoms with Gasteiger partial charge in [0.25, 0.3) is 23.6 Å². The van der Waals surface area contributed by atoms with Gasteiger partial charge in [0.2, 0.25) is 0 Å². The van der Waals surface area contributed by atoms with Crippen LogP contribution in [-0.2, 0) is 0 Å². The molecule has 0 atom stereocenters. The van der Waals surface area contributed by atoms with E-state index >= 15 is 0 Å². The lowest BCUT2D eigenvalue weighted by Gasteiger charge is -2.14. The summed E-state index contributed by atoms with van der Waals surface area (Å²) in [6.07, 6.45) is 0. The quantitative estimate of drug-likeness (QED) is 0.120. The zero-order valence-electron chi connectivity index (χ0n) is 21.1. The first-order chi connectivity index (χ1) is 20.7. The zero-order chi connectivity index (χ0) is 32.4. The second kappa shape index (κ2) is 12.1. The molecule has 6 rings (SSSR count). The number of phenols is 2. The maximum Gasteiger partial charge on any atom is 0.267 e. The van der Waals surface area contributed by atoms with Crippen molar-refractivity contribution in [2.24, 2.45) is 0 Å². The number of fused-ring (bicyclic) bond motifs is 2. The van der Waals surface area contributed by atoms with E-state index in [1.165, 1.54) is 24.3 Å². The fourth-order valence-electron chi connectivity index (χ4n) is 4.44. The van der Waals surface area contributed by atoms with Crippen LogP contribution < -0.4 is 9.80 Å². The topological polar surface area (TPSA) is 115 Å². The van der Waals surface area contributed by atoms with Crippen LogP contribution >= 0.6 is 92.8 Å². The van der Waals surface area contributed by atoms with Gasteiger partial charge in [-0.1, -0.05) is 117 Å². The number of halogens is 8. The van der Waals surface area contributed by atoms with Crippen molar-refractivity contribution in [2.45, 2.75) is 0 Å². The summed E-state index contributed by atoms with van der Waals surface area (Å²) in [4.78, 5) is 51.7. The second-order valence-electron chi connectivity index (χ2n) is 8.88. The third-order valence-electron chi connectivity index (χ3n) is 6.45. The maximum atomic E-state index is 12.5. The van der Waals surface area contributed by atoms with Crippen molar-refractivity contribution >= 4 is 128 Å². The molecule has 44 heavy (non-hydrogen) atoms. The summed E-state index contributed by atoms with van der Waals surface area (Å²) < 4.78 is 0. The molecule has 16 heteroatoms. The van der Waals surface area contributed by atoms with Crippen LogP contribution in [0.1, 0.15) is 41.4 Å². The van der Waals surface area contributed by atoms with Gasteiger partial charge in [-0.25, -0.2) is 9.80 Å². The Morgan fingerprint density at radius 2 is 0.614 bits per heavy atom. The highest BCUT2D eigenvalue weighted by molar-refractivity contribution is 6.57. The van der Waals surface area contributed by atoms with E-state index < -0.39 is 23.6 Å². The zero-order valence-corrected chi connectivity index (χ0v) is 27.1. The highest BCUT2D eigenvalue weighted by Gasteiger charge is 2.44. The van der Waals surface area contributed by atoms with Gasteiger partial charge in [-0.05, 0) is 24.3 Å². The minimum atomic E-state index is -0.730. The minimum absolute atomic E-state index is 0.0214. The van der Waals surface area contributed by atoms with Crippen molar-refractivity contribution in [3.8, 4) is 11.5 Å². The van der Waals surface area contributed by atoms with Crippen molar-refractivity contribution in [3.05, 3.63) is 111 Å². The molecule has 4 aromatic carbocycles. The number of benzene rings is 4. The van der Waals surface area contributed by atoms with Gasteiger partial charge < -0.3 is 10.2 Å². The van der Waals surface area contributed by atoms with E-state index in [-0.39, 0.29) is 85.3 Å². The molecule has 0 fully saturated rings. The van der Waals surface area contributed by atoms with Crippen molar-refractivity contribution in [3.63, 3.8) is 0 Å². The Morgan fingerprint density at radius 1 is 0.386 bits per heavy atom. The fourth-order valence-corrected chi connectivity index (χ4v) is 6.47. The van der Waals surface area contributed by atoms with Crippen LogP contribution in [0.15, 0.2) is 48.5 Å². The Hall–Kier alpha value is -2.92. The number of phenolic OH excluding ortho intramolecular Hbond substituents is 2. The standard InChI is InChI=1S/2C14H5Cl4NO3/c2*15-9-7-8(10(16)12(18)11(9)17)14(22)19(13(7)21)5-3-1-2-4-6(5)20/h2*1-4,20H. The monoisotopic (exact) mass is 750 g/mol. The van der Waals surface area contributed by atoms with E-state index in [2.05, 4.69) is 0 Å². The Bertz CT molecular complexity index is 1750. The molecule has 2 N–H and O–H groups in total. The number of aromatic hydroxyl groups is 2. The molecule has 0 bridgehead atoms. The number of carbonyl (C=O) groups is 4. The van der Waals surface area contributed by atoms with Crippen molar-refractivity contribution in [1.82, 2.24) is 0 Å². The highest BCUT2D eigenvalue weighted by Crippen LogP contribution is 2.48. The molecule has 0 spiro atoms. The number of hydrogen-bond acceptors (Lipinski definition) is 6. The molecule has 0 unspecified atom stereocenters. The molecule has 0 saturated carbocycles. The predicted molar refractivity (Wildman–Crippen MR) is 171 cm³/mol. The summed E-state index contributed by atoms with van der Waals surface area (Å²) in [7, 11) is 0. The first-order valence-corrected chi connectivity index (χ1v) is 14.8. The largest absolute Gasteiger partial charge is 0.506 e. The third kappa shape index (κ3) is 4.94. The molecule has 2 aliphatic rings. The van der Waals surface area contributed by atoms with Gasteiger partial charge in [-0.15, -0.1) is 0 Å². The number of anilines is 2. The van der Waals surface area contributed by atoms with Crippen LogP contribution in [-0.4, -0.2) is 33.8 Å². The molecule has 0 saturated heterocycles. The van der Waals surface area contributed by atoms with E-state index in [4.69, 9.17) is 92.8 Å².